The Labute approximate surface area is 109 Å². The summed E-state index contributed by atoms with van der Waals surface area (Å²) in [7, 11) is 0. The highest BCUT2D eigenvalue weighted by Crippen LogP contribution is 2.49. The maximum Gasteiger partial charge on any atom is 0.238 e. The molecule has 17 heavy (non-hydrogen) atoms. The summed E-state index contributed by atoms with van der Waals surface area (Å²) in [6.45, 7) is 0. The Morgan fingerprint density at radius 1 is 0.941 bits per heavy atom. The molecular weight excluding hydrogens is 234 g/mol. The Balaban J connectivity index is 1.87. The average molecular weight is 256 g/mol. The number of alkyl halides is 1. The number of hydrogen-bond donors (Lipinski definition) is 0. The lowest BCUT2D eigenvalue weighted by Gasteiger charge is -2.34. The van der Waals surface area contributed by atoms with Gasteiger partial charge in [-0.15, -0.1) is 11.6 Å². The van der Waals surface area contributed by atoms with Gasteiger partial charge in [-0.05, 0) is 37.5 Å². The van der Waals surface area contributed by atoms with Crippen molar-refractivity contribution in [3.05, 3.63) is 0 Å². The normalized spacial score (nSPS) is 40.9. The molecule has 3 fully saturated rings. The third-order valence-electron chi connectivity index (χ3n) is 5.23. The average Bonchev–Trinajstić information content (AvgIpc) is 2.72. The Hall–Kier alpha value is -0.240. The standard InChI is InChI=1S/C14H22ClNO/c15-9-14(17)16-12-7-3-1-5-10(12)11-6-2-4-8-13(11)16/h10-13H,1-9H2/t10-,11+,12-,13+. The third-order valence-corrected chi connectivity index (χ3v) is 5.46. The van der Waals surface area contributed by atoms with Crippen molar-refractivity contribution in [1.82, 2.24) is 4.90 Å². The zero-order valence-electron chi connectivity index (χ0n) is 10.4. The Morgan fingerprint density at radius 2 is 1.41 bits per heavy atom. The number of rotatable bonds is 1. The highest BCUT2D eigenvalue weighted by Gasteiger charge is 2.50. The van der Waals surface area contributed by atoms with E-state index in [1.807, 2.05) is 0 Å². The SMILES string of the molecule is O=C(CCl)N1[C@@H]2CCCC[C@@H]2[C@@H]2CCCC[C@@H]21. The summed E-state index contributed by atoms with van der Waals surface area (Å²) < 4.78 is 0. The summed E-state index contributed by atoms with van der Waals surface area (Å²) in [5.41, 5.74) is 0. The van der Waals surface area contributed by atoms with Gasteiger partial charge in [-0.25, -0.2) is 0 Å². The van der Waals surface area contributed by atoms with Gasteiger partial charge in [-0.3, -0.25) is 4.79 Å². The minimum absolute atomic E-state index is 0.173. The molecule has 1 saturated heterocycles. The van der Waals surface area contributed by atoms with Crippen molar-refractivity contribution in [2.24, 2.45) is 11.8 Å². The van der Waals surface area contributed by atoms with Crippen LogP contribution in [-0.4, -0.2) is 28.8 Å². The zero-order chi connectivity index (χ0) is 11.8. The van der Waals surface area contributed by atoms with Gasteiger partial charge < -0.3 is 4.90 Å². The molecule has 3 aliphatic rings. The van der Waals surface area contributed by atoms with E-state index in [1.54, 1.807) is 0 Å². The van der Waals surface area contributed by atoms with Crippen LogP contribution in [0.15, 0.2) is 0 Å². The molecule has 2 nitrogen and oxygen atoms in total. The van der Waals surface area contributed by atoms with Crippen LogP contribution < -0.4 is 0 Å². The molecule has 0 bridgehead atoms. The minimum atomic E-state index is 0.173. The maximum absolute atomic E-state index is 12.1. The van der Waals surface area contributed by atoms with Crippen LogP contribution in [0.4, 0.5) is 0 Å². The highest BCUT2D eigenvalue weighted by molar-refractivity contribution is 6.27. The van der Waals surface area contributed by atoms with Crippen molar-refractivity contribution >= 4 is 17.5 Å². The van der Waals surface area contributed by atoms with Crippen molar-refractivity contribution in [3.63, 3.8) is 0 Å². The van der Waals surface area contributed by atoms with Crippen LogP contribution >= 0.6 is 11.6 Å². The van der Waals surface area contributed by atoms with E-state index < -0.39 is 0 Å². The van der Waals surface area contributed by atoms with Crippen molar-refractivity contribution in [3.8, 4) is 0 Å². The largest absolute Gasteiger partial charge is 0.335 e. The van der Waals surface area contributed by atoms with E-state index in [1.165, 1.54) is 51.4 Å². The summed E-state index contributed by atoms with van der Waals surface area (Å²) in [5.74, 6) is 1.95. The van der Waals surface area contributed by atoms with Crippen LogP contribution in [0.5, 0.6) is 0 Å². The number of carbonyl (C=O) groups is 1. The van der Waals surface area contributed by atoms with E-state index >= 15 is 0 Å². The summed E-state index contributed by atoms with van der Waals surface area (Å²) in [5, 5.41) is 0. The van der Waals surface area contributed by atoms with Gasteiger partial charge in [0.25, 0.3) is 0 Å². The van der Waals surface area contributed by atoms with Crippen LogP contribution in [0.25, 0.3) is 0 Å². The van der Waals surface area contributed by atoms with E-state index in [4.69, 9.17) is 11.6 Å². The second-order valence-electron chi connectivity index (χ2n) is 5.97. The van der Waals surface area contributed by atoms with E-state index in [9.17, 15) is 4.79 Å². The van der Waals surface area contributed by atoms with Gasteiger partial charge in [-0.1, -0.05) is 25.7 Å². The summed E-state index contributed by atoms with van der Waals surface area (Å²) >= 11 is 5.80. The van der Waals surface area contributed by atoms with Gasteiger partial charge in [0.15, 0.2) is 0 Å². The molecule has 1 heterocycles. The quantitative estimate of drug-likeness (QED) is 0.659. The van der Waals surface area contributed by atoms with Crippen molar-refractivity contribution < 1.29 is 4.79 Å². The van der Waals surface area contributed by atoms with Gasteiger partial charge in [0.2, 0.25) is 5.91 Å². The molecule has 0 unspecified atom stereocenters. The first-order valence-corrected chi connectivity index (χ1v) is 7.73. The molecule has 1 amide bonds. The lowest BCUT2D eigenvalue weighted by Crippen LogP contribution is -2.44. The molecule has 3 heteroatoms. The zero-order valence-corrected chi connectivity index (χ0v) is 11.2. The van der Waals surface area contributed by atoms with E-state index in [0.717, 1.165) is 11.8 Å². The number of carbonyl (C=O) groups excluding carboxylic acids is 1. The molecule has 0 aromatic carbocycles. The van der Waals surface area contributed by atoms with Gasteiger partial charge in [0.05, 0.1) is 0 Å². The second kappa shape index (κ2) is 4.79. The van der Waals surface area contributed by atoms with Gasteiger partial charge in [0.1, 0.15) is 5.88 Å². The first-order valence-electron chi connectivity index (χ1n) is 7.20. The lowest BCUT2D eigenvalue weighted by molar-refractivity contribution is -0.132. The number of amides is 1. The smallest absolute Gasteiger partial charge is 0.238 e. The molecule has 0 aromatic rings. The molecule has 0 N–H and O–H groups in total. The van der Waals surface area contributed by atoms with Gasteiger partial charge in [0, 0.05) is 12.1 Å². The molecular formula is C14H22ClNO. The van der Waals surface area contributed by atoms with E-state index in [0.29, 0.717) is 12.1 Å². The predicted molar refractivity (Wildman–Crippen MR) is 69.1 cm³/mol. The molecule has 2 saturated carbocycles. The summed E-state index contributed by atoms with van der Waals surface area (Å²) in [6.07, 6.45) is 10.5. The monoisotopic (exact) mass is 255 g/mol. The number of likely N-dealkylation sites (tertiary alicyclic amines) is 1. The number of halogens is 1. The molecule has 0 radical (unpaired) electrons. The molecule has 0 spiro atoms. The summed E-state index contributed by atoms with van der Waals surface area (Å²) in [6, 6.07) is 1.06. The third kappa shape index (κ3) is 1.89. The van der Waals surface area contributed by atoms with Gasteiger partial charge in [-0.2, -0.15) is 0 Å². The number of nitrogens with zero attached hydrogens (tertiary/aromatic N) is 1. The maximum atomic E-state index is 12.1. The second-order valence-corrected chi connectivity index (χ2v) is 6.23. The Morgan fingerprint density at radius 3 is 1.88 bits per heavy atom. The molecule has 3 rings (SSSR count). The van der Waals surface area contributed by atoms with E-state index in [-0.39, 0.29) is 11.8 Å². The Kier molecular flexibility index (Phi) is 3.34. The Bertz CT molecular complexity index is 285. The van der Waals surface area contributed by atoms with Crippen LogP contribution in [0.3, 0.4) is 0 Å². The van der Waals surface area contributed by atoms with Crippen molar-refractivity contribution in [2.75, 3.05) is 5.88 Å². The fraction of sp³-hybridized carbons (Fsp3) is 0.929. The van der Waals surface area contributed by atoms with Crippen LogP contribution in [0.2, 0.25) is 0 Å². The fourth-order valence-corrected chi connectivity index (χ4v) is 4.79. The predicted octanol–water partition coefficient (Wildman–Crippen LogP) is 3.19. The van der Waals surface area contributed by atoms with Gasteiger partial charge >= 0.3 is 0 Å². The van der Waals surface area contributed by atoms with Crippen LogP contribution in [0.1, 0.15) is 51.4 Å². The topological polar surface area (TPSA) is 20.3 Å². The highest BCUT2D eigenvalue weighted by atomic mass is 35.5. The molecule has 4 atom stereocenters. The summed E-state index contributed by atoms with van der Waals surface area (Å²) in [4.78, 5) is 14.3. The molecule has 1 aliphatic heterocycles. The molecule has 0 aromatic heterocycles. The minimum Gasteiger partial charge on any atom is -0.335 e. The van der Waals surface area contributed by atoms with Crippen molar-refractivity contribution in [2.45, 2.75) is 63.5 Å². The molecule has 2 aliphatic carbocycles. The first-order chi connectivity index (χ1) is 8.33. The van der Waals surface area contributed by atoms with Crippen LogP contribution in [0, 0.1) is 11.8 Å². The molecule has 96 valence electrons. The van der Waals surface area contributed by atoms with Crippen molar-refractivity contribution in [1.29, 1.82) is 0 Å². The number of fused-ring (bicyclic) bond motifs is 3. The van der Waals surface area contributed by atoms with E-state index in [2.05, 4.69) is 4.90 Å². The number of hydrogen-bond acceptors (Lipinski definition) is 1. The first kappa shape index (κ1) is 11.8. The fourth-order valence-electron chi connectivity index (χ4n) is 4.65. The van der Waals surface area contributed by atoms with Crippen LogP contribution in [-0.2, 0) is 4.79 Å². The lowest BCUT2D eigenvalue weighted by atomic mass is 9.73.